The van der Waals surface area contributed by atoms with E-state index in [4.69, 9.17) is 30.2 Å². The first-order valence-electron chi connectivity index (χ1n) is 8.95. The van der Waals surface area contributed by atoms with Crippen molar-refractivity contribution in [2.45, 2.75) is 38.3 Å². The van der Waals surface area contributed by atoms with E-state index in [2.05, 4.69) is 10.2 Å². The smallest absolute Gasteiger partial charge is 0.151 e. The van der Waals surface area contributed by atoms with Crippen molar-refractivity contribution in [1.82, 2.24) is 10.2 Å². The first kappa shape index (κ1) is 21.7. The summed E-state index contributed by atoms with van der Waals surface area (Å²) in [7, 11) is 0. The topological polar surface area (TPSA) is 116 Å². The standard InChI is InChI=1S/C6H15N3.C6H10O3.C4H10O2/c7-1-4-9-5-2-8-3-6-9;1(5-3-8-5)7-2-6-4-9-6;1-2-3-4(5)6/h8H,1-7H2;5-6H,1-4H2;4-6H,2-3H2,1H3. The van der Waals surface area contributed by atoms with Gasteiger partial charge in [-0.3, -0.25) is 4.90 Å². The fourth-order valence-electron chi connectivity index (χ4n) is 2.03. The van der Waals surface area contributed by atoms with Crippen LogP contribution in [0.3, 0.4) is 0 Å². The van der Waals surface area contributed by atoms with Crippen LogP contribution in [0.15, 0.2) is 0 Å². The van der Waals surface area contributed by atoms with Crippen LogP contribution < -0.4 is 11.1 Å². The number of ether oxygens (including phenoxy) is 3. The highest BCUT2D eigenvalue weighted by atomic mass is 16.6. The van der Waals surface area contributed by atoms with E-state index in [0.29, 0.717) is 18.6 Å². The molecular weight excluding hydrogens is 314 g/mol. The van der Waals surface area contributed by atoms with Crippen LogP contribution in [-0.4, -0.2) is 99.3 Å². The summed E-state index contributed by atoms with van der Waals surface area (Å²) in [4.78, 5) is 2.39. The van der Waals surface area contributed by atoms with Crippen LogP contribution in [0.5, 0.6) is 0 Å². The van der Waals surface area contributed by atoms with Gasteiger partial charge in [-0.1, -0.05) is 13.3 Å². The molecule has 3 saturated heterocycles. The van der Waals surface area contributed by atoms with Gasteiger partial charge in [0.15, 0.2) is 6.29 Å². The van der Waals surface area contributed by atoms with Gasteiger partial charge in [-0.2, -0.15) is 0 Å². The van der Waals surface area contributed by atoms with Crippen LogP contribution >= 0.6 is 0 Å². The van der Waals surface area contributed by atoms with Gasteiger partial charge in [-0.25, -0.2) is 0 Å². The van der Waals surface area contributed by atoms with E-state index in [1.54, 1.807) is 0 Å². The van der Waals surface area contributed by atoms with Gasteiger partial charge in [0.1, 0.15) is 12.2 Å². The maximum atomic E-state index is 8.11. The molecule has 0 radical (unpaired) electrons. The molecule has 3 aliphatic rings. The van der Waals surface area contributed by atoms with Crippen LogP contribution in [0, 0.1) is 0 Å². The second-order valence-corrected chi connectivity index (χ2v) is 6.10. The number of hydrogen-bond donors (Lipinski definition) is 4. The Morgan fingerprint density at radius 2 is 1.71 bits per heavy atom. The van der Waals surface area contributed by atoms with E-state index in [1.165, 1.54) is 0 Å². The van der Waals surface area contributed by atoms with Crippen molar-refractivity contribution in [3.05, 3.63) is 0 Å². The lowest BCUT2D eigenvalue weighted by Crippen LogP contribution is -2.45. The highest BCUT2D eigenvalue weighted by Gasteiger charge is 2.26. The molecule has 3 rings (SSSR count). The van der Waals surface area contributed by atoms with Gasteiger partial charge >= 0.3 is 0 Å². The molecule has 0 bridgehead atoms. The summed E-state index contributed by atoms with van der Waals surface area (Å²) < 4.78 is 15.1. The summed E-state index contributed by atoms with van der Waals surface area (Å²) in [5, 5.41) is 19.5. The Hall–Kier alpha value is -0.320. The second kappa shape index (κ2) is 13.9. The average Bonchev–Trinajstić information content (AvgIpc) is 3.45. The van der Waals surface area contributed by atoms with Crippen molar-refractivity contribution in [3.63, 3.8) is 0 Å². The van der Waals surface area contributed by atoms with E-state index in [9.17, 15) is 0 Å². The predicted octanol–water partition coefficient (Wildman–Crippen LogP) is -1.25. The zero-order valence-corrected chi connectivity index (χ0v) is 14.9. The summed E-state index contributed by atoms with van der Waals surface area (Å²) in [5.41, 5.74) is 5.40. The minimum atomic E-state index is -1.10. The normalized spacial score (nSPS) is 25.4. The van der Waals surface area contributed by atoms with Gasteiger partial charge in [0.2, 0.25) is 0 Å². The van der Waals surface area contributed by atoms with E-state index in [1.807, 2.05) is 6.92 Å². The molecule has 144 valence electrons. The molecule has 24 heavy (non-hydrogen) atoms. The third-order valence-corrected chi connectivity index (χ3v) is 3.61. The number of nitrogens with zero attached hydrogens (tertiary/aromatic N) is 1. The molecule has 0 spiro atoms. The molecule has 0 aromatic carbocycles. The second-order valence-electron chi connectivity index (χ2n) is 6.10. The van der Waals surface area contributed by atoms with Crippen molar-refractivity contribution < 1.29 is 24.4 Å². The lowest BCUT2D eigenvalue weighted by atomic mass is 10.3. The predicted molar refractivity (Wildman–Crippen MR) is 91.8 cm³/mol. The van der Waals surface area contributed by atoms with Crippen LogP contribution in [0.2, 0.25) is 0 Å². The number of epoxide rings is 2. The van der Waals surface area contributed by atoms with Crippen molar-refractivity contribution in [3.8, 4) is 0 Å². The zero-order valence-electron chi connectivity index (χ0n) is 14.9. The largest absolute Gasteiger partial charge is 0.376 e. The Balaban J connectivity index is 0.000000185. The summed E-state index contributed by atoms with van der Waals surface area (Å²) in [6.45, 7) is 11.6. The molecule has 0 amide bonds. The minimum Gasteiger partial charge on any atom is -0.376 e. The number of nitrogens with two attached hydrogens (primary N) is 1. The average molecular weight is 349 g/mol. The maximum absolute atomic E-state index is 8.11. The Morgan fingerprint density at radius 1 is 1.17 bits per heavy atom. The molecule has 2 unspecified atom stereocenters. The SMILES string of the molecule is C(OCC1CO1)C1CO1.CCCC(O)O.NCCN1CCNCC1. The van der Waals surface area contributed by atoms with Crippen molar-refractivity contribution >= 4 is 0 Å². The first-order valence-corrected chi connectivity index (χ1v) is 8.95. The van der Waals surface area contributed by atoms with Crippen molar-refractivity contribution in [1.29, 1.82) is 0 Å². The molecule has 5 N–H and O–H groups in total. The highest BCUT2D eigenvalue weighted by Crippen LogP contribution is 2.12. The van der Waals surface area contributed by atoms with Crippen molar-refractivity contribution in [2.75, 3.05) is 65.7 Å². The van der Waals surface area contributed by atoms with E-state index in [0.717, 1.165) is 72.1 Å². The maximum Gasteiger partial charge on any atom is 0.151 e. The van der Waals surface area contributed by atoms with Gasteiger partial charge in [0.05, 0.1) is 26.4 Å². The molecule has 0 aromatic rings. The van der Waals surface area contributed by atoms with Gasteiger partial charge in [-0.05, 0) is 6.42 Å². The number of piperazine rings is 1. The van der Waals surface area contributed by atoms with Crippen LogP contribution in [-0.2, 0) is 14.2 Å². The third kappa shape index (κ3) is 14.1. The summed E-state index contributed by atoms with van der Waals surface area (Å²) in [5.74, 6) is 0. The molecule has 0 saturated carbocycles. The Morgan fingerprint density at radius 3 is 2.04 bits per heavy atom. The summed E-state index contributed by atoms with van der Waals surface area (Å²) in [6.07, 6.45) is 1.000. The molecule has 3 fully saturated rings. The highest BCUT2D eigenvalue weighted by molar-refractivity contribution is 4.71. The van der Waals surface area contributed by atoms with Crippen molar-refractivity contribution in [2.24, 2.45) is 5.73 Å². The third-order valence-electron chi connectivity index (χ3n) is 3.61. The molecular formula is C16H35N3O5. The van der Waals surface area contributed by atoms with Crippen LogP contribution in [0.25, 0.3) is 0 Å². The quantitative estimate of drug-likeness (QED) is 0.317. The minimum absolute atomic E-state index is 0.392. The lowest BCUT2D eigenvalue weighted by molar-refractivity contribution is -0.0453. The number of nitrogens with one attached hydrogen (secondary N) is 1. The number of aliphatic hydroxyl groups excluding tert-OH is 1. The van der Waals surface area contributed by atoms with Crippen LogP contribution in [0.4, 0.5) is 0 Å². The molecule has 2 atom stereocenters. The van der Waals surface area contributed by atoms with Gasteiger partial charge in [0, 0.05) is 39.3 Å². The molecule has 0 aliphatic carbocycles. The monoisotopic (exact) mass is 349 g/mol. The molecule has 3 aliphatic heterocycles. The van der Waals surface area contributed by atoms with E-state index in [-0.39, 0.29) is 0 Å². The Kier molecular flexibility index (Phi) is 12.6. The Labute approximate surface area is 145 Å². The molecule has 8 nitrogen and oxygen atoms in total. The number of rotatable bonds is 8. The summed E-state index contributed by atoms with van der Waals surface area (Å²) >= 11 is 0. The summed E-state index contributed by atoms with van der Waals surface area (Å²) in [6, 6.07) is 0. The number of hydrogen-bond acceptors (Lipinski definition) is 8. The van der Waals surface area contributed by atoms with E-state index >= 15 is 0 Å². The first-order chi connectivity index (χ1) is 11.7. The molecule has 3 heterocycles. The Bertz CT molecular complexity index is 268. The fraction of sp³-hybridized carbons (Fsp3) is 1.00. The lowest BCUT2D eigenvalue weighted by Gasteiger charge is -2.26. The van der Waals surface area contributed by atoms with Gasteiger partial charge < -0.3 is 35.5 Å². The van der Waals surface area contributed by atoms with Crippen LogP contribution in [0.1, 0.15) is 19.8 Å². The zero-order chi connectivity index (χ0) is 17.6. The number of aliphatic hydroxyl groups is 2. The molecule has 8 heteroatoms. The van der Waals surface area contributed by atoms with Gasteiger partial charge in [-0.15, -0.1) is 0 Å². The van der Waals surface area contributed by atoms with E-state index < -0.39 is 6.29 Å². The van der Waals surface area contributed by atoms with Gasteiger partial charge in [0.25, 0.3) is 0 Å². The fourth-order valence-corrected chi connectivity index (χ4v) is 2.03. The molecule has 0 aromatic heterocycles.